The van der Waals surface area contributed by atoms with Gasteiger partial charge < -0.3 is 0 Å². The summed E-state index contributed by atoms with van der Waals surface area (Å²) in [7, 11) is 0. The Balaban J connectivity index is 2.34. The Bertz CT molecular complexity index is 476. The maximum atomic E-state index is 5.48. The van der Waals surface area contributed by atoms with E-state index in [1.54, 1.807) is 11.3 Å². The molecule has 13 heavy (non-hydrogen) atoms. The van der Waals surface area contributed by atoms with Gasteiger partial charge in [0.05, 0.1) is 10.2 Å². The first kappa shape index (κ1) is 7.79. The summed E-state index contributed by atoms with van der Waals surface area (Å²) in [5, 5.41) is 5.48. The van der Waals surface area contributed by atoms with Crippen LogP contribution in [0.3, 0.4) is 0 Å². The third-order valence-electron chi connectivity index (χ3n) is 2.49. The van der Waals surface area contributed by atoms with Gasteiger partial charge in [0.1, 0.15) is 0 Å². The van der Waals surface area contributed by atoms with Gasteiger partial charge in [0.25, 0.3) is 0 Å². The van der Waals surface area contributed by atoms with E-state index in [9.17, 15) is 0 Å². The van der Waals surface area contributed by atoms with E-state index in [1.807, 2.05) is 0 Å². The highest BCUT2D eigenvalue weighted by Gasteiger charge is 2.18. The number of hydrogen-bond acceptors (Lipinski definition) is 4. The van der Waals surface area contributed by atoms with Crippen molar-refractivity contribution >= 4 is 33.5 Å². The van der Waals surface area contributed by atoms with Crippen LogP contribution < -0.4 is 5.14 Å². The van der Waals surface area contributed by atoms with E-state index in [2.05, 4.69) is 17.1 Å². The van der Waals surface area contributed by atoms with Crippen molar-refractivity contribution in [1.29, 1.82) is 0 Å². The molecule has 1 aliphatic carbocycles. The number of nitrogens with two attached hydrogens (primary N) is 1. The average molecular weight is 208 g/mol. The van der Waals surface area contributed by atoms with E-state index in [0.717, 1.165) is 4.34 Å². The van der Waals surface area contributed by atoms with E-state index >= 15 is 0 Å². The molecule has 2 nitrogen and oxygen atoms in total. The molecule has 0 bridgehead atoms. The second-order valence-electron chi connectivity index (χ2n) is 3.15. The third kappa shape index (κ3) is 1.03. The van der Waals surface area contributed by atoms with Gasteiger partial charge in [-0.15, -0.1) is 11.3 Å². The number of aromatic nitrogens is 1. The van der Waals surface area contributed by atoms with Crippen molar-refractivity contribution in [3.8, 4) is 0 Å². The summed E-state index contributed by atoms with van der Waals surface area (Å²) in [4.78, 5) is 4.50. The molecule has 1 heterocycles. The summed E-state index contributed by atoms with van der Waals surface area (Å²) in [5.74, 6) is 0. The van der Waals surface area contributed by atoms with Gasteiger partial charge in [0.2, 0.25) is 0 Å². The summed E-state index contributed by atoms with van der Waals surface area (Å²) in [6.07, 6.45) is 2.40. The molecule has 1 aromatic heterocycles. The number of nitrogens with zero attached hydrogens (tertiary/aromatic N) is 1. The highest BCUT2D eigenvalue weighted by atomic mass is 32.2. The topological polar surface area (TPSA) is 38.9 Å². The standard InChI is InChI=1S/C9H8N2S2/c10-13-9-11-8-6-3-1-5(6)2-4-7(8)12-9/h2,4H,1,3,10H2. The molecule has 66 valence electrons. The largest absolute Gasteiger partial charge is 0.272 e. The molecule has 2 aromatic rings. The van der Waals surface area contributed by atoms with Crippen LogP contribution in [0.2, 0.25) is 0 Å². The van der Waals surface area contributed by atoms with Crippen LogP contribution in [-0.4, -0.2) is 4.98 Å². The summed E-state index contributed by atoms with van der Waals surface area (Å²) >= 11 is 2.92. The SMILES string of the molecule is NSc1nc2c3c(ccc2s1)CC3. The van der Waals surface area contributed by atoms with Crippen LogP contribution in [0.1, 0.15) is 11.1 Å². The van der Waals surface area contributed by atoms with Crippen LogP contribution in [0.15, 0.2) is 16.5 Å². The summed E-state index contributed by atoms with van der Waals surface area (Å²) in [5.41, 5.74) is 4.09. The fourth-order valence-electron chi connectivity index (χ4n) is 1.72. The van der Waals surface area contributed by atoms with Gasteiger partial charge in [-0.3, -0.25) is 5.14 Å². The number of fused-ring (bicyclic) bond motifs is 3. The fourth-order valence-corrected chi connectivity index (χ4v) is 3.05. The first-order chi connectivity index (χ1) is 6.38. The fraction of sp³-hybridized carbons (Fsp3) is 0.222. The molecule has 1 aliphatic rings. The Morgan fingerprint density at radius 1 is 1.38 bits per heavy atom. The summed E-state index contributed by atoms with van der Waals surface area (Å²) in [6, 6.07) is 4.37. The van der Waals surface area contributed by atoms with Crippen LogP contribution in [0.4, 0.5) is 0 Å². The molecular formula is C9H8N2S2. The Hall–Kier alpha value is -0.580. The van der Waals surface area contributed by atoms with Gasteiger partial charge in [0, 0.05) is 0 Å². The van der Waals surface area contributed by atoms with Crippen LogP contribution in [0, 0.1) is 0 Å². The summed E-state index contributed by atoms with van der Waals surface area (Å²) in [6.45, 7) is 0. The number of aryl methyl sites for hydroxylation is 2. The number of thiazole rings is 1. The van der Waals surface area contributed by atoms with Crippen LogP contribution >= 0.6 is 23.3 Å². The van der Waals surface area contributed by atoms with Gasteiger partial charge in [-0.1, -0.05) is 6.07 Å². The molecule has 4 heteroatoms. The maximum Gasteiger partial charge on any atom is 0.165 e. The minimum Gasteiger partial charge on any atom is -0.272 e. The van der Waals surface area contributed by atoms with Crippen LogP contribution in [0.25, 0.3) is 10.2 Å². The van der Waals surface area contributed by atoms with Gasteiger partial charge >= 0.3 is 0 Å². The molecule has 0 radical (unpaired) electrons. The molecule has 0 fully saturated rings. The van der Waals surface area contributed by atoms with Gasteiger partial charge in [-0.25, -0.2) is 4.98 Å². The van der Waals surface area contributed by atoms with Crippen molar-refractivity contribution in [1.82, 2.24) is 4.98 Å². The predicted molar refractivity (Wildman–Crippen MR) is 57.1 cm³/mol. The van der Waals surface area contributed by atoms with Gasteiger partial charge in [-0.2, -0.15) is 0 Å². The van der Waals surface area contributed by atoms with Gasteiger partial charge in [0.15, 0.2) is 4.34 Å². The van der Waals surface area contributed by atoms with Crippen molar-refractivity contribution in [2.75, 3.05) is 0 Å². The molecule has 0 saturated heterocycles. The van der Waals surface area contributed by atoms with E-state index in [4.69, 9.17) is 5.14 Å². The number of hydrogen-bond donors (Lipinski definition) is 1. The van der Waals surface area contributed by atoms with Crippen molar-refractivity contribution in [2.24, 2.45) is 5.14 Å². The Morgan fingerprint density at radius 3 is 3.00 bits per heavy atom. The molecule has 2 N–H and O–H groups in total. The quantitative estimate of drug-likeness (QED) is 0.731. The Labute approximate surface area is 84.3 Å². The first-order valence-electron chi connectivity index (χ1n) is 4.16. The molecule has 0 saturated carbocycles. The smallest absolute Gasteiger partial charge is 0.165 e. The van der Waals surface area contributed by atoms with Gasteiger partial charge in [-0.05, 0) is 42.0 Å². The van der Waals surface area contributed by atoms with Crippen molar-refractivity contribution in [2.45, 2.75) is 17.2 Å². The third-order valence-corrected chi connectivity index (χ3v) is 4.14. The second-order valence-corrected chi connectivity index (χ2v) is 5.06. The monoisotopic (exact) mass is 208 g/mol. The molecule has 1 aromatic carbocycles. The molecule has 0 atom stereocenters. The highest BCUT2D eigenvalue weighted by Crippen LogP contribution is 2.35. The molecule has 3 rings (SSSR count). The molecule has 0 unspecified atom stereocenters. The molecular weight excluding hydrogens is 200 g/mol. The van der Waals surface area contributed by atoms with Crippen LogP contribution in [0.5, 0.6) is 0 Å². The van der Waals surface area contributed by atoms with E-state index < -0.39 is 0 Å². The number of benzene rings is 1. The molecule has 0 aliphatic heterocycles. The Morgan fingerprint density at radius 2 is 2.31 bits per heavy atom. The second kappa shape index (κ2) is 2.70. The lowest BCUT2D eigenvalue weighted by Crippen LogP contribution is -2.08. The lowest BCUT2D eigenvalue weighted by molar-refractivity contribution is 0.848. The first-order valence-corrected chi connectivity index (χ1v) is 5.86. The Kier molecular flexibility index (Phi) is 1.62. The lowest BCUT2D eigenvalue weighted by atomic mass is 9.88. The van der Waals surface area contributed by atoms with E-state index in [0.29, 0.717) is 0 Å². The zero-order chi connectivity index (χ0) is 8.84. The maximum absolute atomic E-state index is 5.48. The minimum atomic E-state index is 0.968. The highest BCUT2D eigenvalue weighted by molar-refractivity contribution is 7.99. The normalized spacial score (nSPS) is 14.2. The zero-order valence-electron chi connectivity index (χ0n) is 6.91. The van der Waals surface area contributed by atoms with Crippen molar-refractivity contribution in [3.63, 3.8) is 0 Å². The van der Waals surface area contributed by atoms with Crippen molar-refractivity contribution in [3.05, 3.63) is 23.3 Å². The molecule has 0 amide bonds. The van der Waals surface area contributed by atoms with Crippen molar-refractivity contribution < 1.29 is 0 Å². The average Bonchev–Trinajstić information content (AvgIpc) is 2.47. The number of rotatable bonds is 1. The van der Waals surface area contributed by atoms with E-state index in [-0.39, 0.29) is 0 Å². The lowest BCUT2D eigenvalue weighted by Gasteiger charge is -2.17. The predicted octanol–water partition coefficient (Wildman–Crippen LogP) is 2.36. The summed E-state index contributed by atoms with van der Waals surface area (Å²) < 4.78 is 2.24. The van der Waals surface area contributed by atoms with Crippen LogP contribution in [-0.2, 0) is 12.8 Å². The minimum absolute atomic E-state index is 0.968. The molecule has 0 spiro atoms. The zero-order valence-corrected chi connectivity index (χ0v) is 8.54. The van der Waals surface area contributed by atoms with E-state index in [1.165, 1.54) is 46.1 Å².